The van der Waals surface area contributed by atoms with E-state index in [9.17, 15) is 22.8 Å². The smallest absolute Gasteiger partial charge is 0.490 e. The highest BCUT2D eigenvalue weighted by atomic mass is 19.4. The van der Waals surface area contributed by atoms with Gasteiger partial charge in [-0.2, -0.15) is 13.2 Å². The van der Waals surface area contributed by atoms with E-state index in [0.29, 0.717) is 34.0 Å². The SMILES string of the molecule is CCOC(=O)/C=C/c1ccc(C(=N)N)cc1OCCNC(=O)c1ccc(OC2CCN(C(C)=N)CC2)cc1.O=C(O)C(F)(F)F. The number of nitrogens with one attached hydrogen (secondary N) is 3. The van der Waals surface area contributed by atoms with Crippen LogP contribution in [0.2, 0.25) is 0 Å². The number of hydrogen-bond donors (Lipinski definition) is 5. The minimum Gasteiger partial charge on any atom is -0.491 e. The fourth-order valence-electron chi connectivity index (χ4n) is 3.93. The maximum Gasteiger partial charge on any atom is 0.490 e. The minimum atomic E-state index is -5.08. The average molecular weight is 636 g/mol. The summed E-state index contributed by atoms with van der Waals surface area (Å²) in [5.74, 6) is -1.86. The van der Waals surface area contributed by atoms with Crippen molar-refractivity contribution in [2.75, 3.05) is 32.8 Å². The number of esters is 1. The van der Waals surface area contributed by atoms with Crippen molar-refractivity contribution in [1.29, 1.82) is 10.8 Å². The number of carbonyl (C=O) groups is 3. The highest BCUT2D eigenvalue weighted by molar-refractivity contribution is 5.96. The van der Waals surface area contributed by atoms with Crippen LogP contribution in [0.1, 0.15) is 48.2 Å². The number of amides is 1. The molecule has 1 heterocycles. The molecule has 0 spiro atoms. The van der Waals surface area contributed by atoms with Gasteiger partial charge >= 0.3 is 18.1 Å². The summed E-state index contributed by atoms with van der Waals surface area (Å²) in [7, 11) is 0. The second-order valence-electron chi connectivity index (χ2n) is 9.57. The summed E-state index contributed by atoms with van der Waals surface area (Å²) in [6.45, 7) is 5.83. The lowest BCUT2D eigenvalue weighted by Gasteiger charge is -2.32. The van der Waals surface area contributed by atoms with E-state index < -0.39 is 18.1 Å². The van der Waals surface area contributed by atoms with E-state index in [1.54, 1.807) is 62.4 Å². The number of halogens is 3. The molecule has 1 aliphatic heterocycles. The van der Waals surface area contributed by atoms with Crippen LogP contribution in [0.5, 0.6) is 11.5 Å². The quantitative estimate of drug-likeness (QED) is 0.0804. The van der Waals surface area contributed by atoms with Gasteiger partial charge in [0.2, 0.25) is 0 Å². The van der Waals surface area contributed by atoms with Crippen LogP contribution in [0.15, 0.2) is 48.5 Å². The summed E-state index contributed by atoms with van der Waals surface area (Å²) in [6.07, 6.45) is -0.408. The molecule has 15 heteroatoms. The number of benzene rings is 2. The first kappa shape index (κ1) is 36.1. The number of nitrogens with zero attached hydrogens (tertiary/aromatic N) is 1. The van der Waals surface area contributed by atoms with Gasteiger partial charge in [0.05, 0.1) is 19.0 Å². The number of hydrogen-bond acceptors (Lipinski definition) is 8. The Morgan fingerprint density at radius 3 is 2.22 bits per heavy atom. The van der Waals surface area contributed by atoms with Gasteiger partial charge < -0.3 is 35.3 Å². The molecule has 244 valence electrons. The standard InChI is InChI=1S/C28H35N5O5.C2HF3O2/c1-3-36-26(34)11-8-20-4-5-22(27(30)31)18-25(20)37-17-14-32-28(35)21-6-9-23(10-7-21)38-24-12-15-33(16-13-24)19(2)29;3-2(4,5)1(6)7/h4-11,18,24,29H,3,12-17H2,1-2H3,(H3,30,31)(H,32,35);(H,6,7)/b11-8+,29-19?;. The number of ether oxygens (including phenoxy) is 3. The number of alkyl halides is 3. The van der Waals surface area contributed by atoms with Gasteiger partial charge in [-0.15, -0.1) is 0 Å². The molecule has 1 saturated heterocycles. The number of piperidine rings is 1. The largest absolute Gasteiger partial charge is 0.491 e. The molecule has 0 aliphatic carbocycles. The fourth-order valence-corrected chi connectivity index (χ4v) is 3.93. The van der Waals surface area contributed by atoms with Crippen molar-refractivity contribution in [3.05, 3.63) is 65.2 Å². The number of aliphatic carboxylic acids is 1. The highest BCUT2D eigenvalue weighted by Gasteiger charge is 2.38. The van der Waals surface area contributed by atoms with Gasteiger partial charge in [-0.25, -0.2) is 9.59 Å². The molecule has 6 N–H and O–H groups in total. The normalized spacial score (nSPS) is 13.3. The number of carbonyl (C=O) groups excluding carboxylic acids is 2. The highest BCUT2D eigenvalue weighted by Crippen LogP contribution is 2.23. The maximum absolute atomic E-state index is 12.6. The van der Waals surface area contributed by atoms with Crippen LogP contribution in [0.25, 0.3) is 6.08 Å². The molecule has 2 aromatic rings. The molecule has 1 fully saturated rings. The molecular formula is C30H36F3N5O7. The molecule has 0 aromatic heterocycles. The Morgan fingerprint density at radius 2 is 1.69 bits per heavy atom. The number of nitrogens with two attached hydrogens (primary N) is 1. The Balaban J connectivity index is 0.000000900. The molecule has 0 saturated carbocycles. The van der Waals surface area contributed by atoms with Gasteiger partial charge in [0.25, 0.3) is 5.91 Å². The van der Waals surface area contributed by atoms with Crippen molar-refractivity contribution in [3.63, 3.8) is 0 Å². The van der Waals surface area contributed by atoms with E-state index in [1.165, 1.54) is 6.08 Å². The molecule has 0 atom stereocenters. The second kappa shape index (κ2) is 17.3. The van der Waals surface area contributed by atoms with Crippen LogP contribution in [-0.4, -0.2) is 84.7 Å². The van der Waals surface area contributed by atoms with Crippen LogP contribution in [-0.2, 0) is 14.3 Å². The summed E-state index contributed by atoms with van der Waals surface area (Å²) in [6, 6.07) is 12.0. The van der Waals surface area contributed by atoms with Gasteiger partial charge in [0.15, 0.2) is 0 Å². The van der Waals surface area contributed by atoms with Gasteiger partial charge in [0, 0.05) is 48.7 Å². The zero-order valence-electron chi connectivity index (χ0n) is 24.8. The number of likely N-dealkylation sites (tertiary alicyclic amines) is 1. The average Bonchev–Trinajstić information content (AvgIpc) is 2.99. The molecule has 1 amide bonds. The van der Waals surface area contributed by atoms with Crippen LogP contribution >= 0.6 is 0 Å². The summed E-state index contributed by atoms with van der Waals surface area (Å²) in [5.41, 5.74) is 7.19. The molecular weight excluding hydrogens is 599 g/mol. The lowest BCUT2D eigenvalue weighted by atomic mass is 10.1. The molecule has 2 aromatic carbocycles. The zero-order valence-corrected chi connectivity index (χ0v) is 24.8. The Labute approximate surface area is 258 Å². The summed E-state index contributed by atoms with van der Waals surface area (Å²) >= 11 is 0. The Bertz CT molecular complexity index is 1370. The zero-order chi connectivity index (χ0) is 33.6. The number of nitrogen functional groups attached to an aromatic ring is 1. The predicted octanol–water partition coefficient (Wildman–Crippen LogP) is 3.83. The van der Waals surface area contributed by atoms with Crippen molar-refractivity contribution in [2.45, 2.75) is 39.0 Å². The topological polar surface area (TPSA) is 188 Å². The molecule has 45 heavy (non-hydrogen) atoms. The van der Waals surface area contributed by atoms with Gasteiger partial charge in [-0.05, 0) is 50.3 Å². The third-order valence-electron chi connectivity index (χ3n) is 6.23. The summed E-state index contributed by atoms with van der Waals surface area (Å²) < 4.78 is 48.5. The van der Waals surface area contributed by atoms with E-state index in [4.69, 9.17) is 40.7 Å². The van der Waals surface area contributed by atoms with Crippen LogP contribution in [0.4, 0.5) is 13.2 Å². The first-order chi connectivity index (χ1) is 21.2. The van der Waals surface area contributed by atoms with Gasteiger partial charge in [-0.3, -0.25) is 15.6 Å². The fraction of sp³-hybridized carbons (Fsp3) is 0.367. The van der Waals surface area contributed by atoms with Gasteiger partial charge in [-0.1, -0.05) is 12.1 Å². The van der Waals surface area contributed by atoms with E-state index in [2.05, 4.69) is 5.32 Å². The monoisotopic (exact) mass is 635 g/mol. The molecule has 12 nitrogen and oxygen atoms in total. The molecule has 1 aliphatic rings. The third kappa shape index (κ3) is 12.6. The molecule has 0 bridgehead atoms. The lowest BCUT2D eigenvalue weighted by Crippen LogP contribution is -2.40. The second-order valence-corrected chi connectivity index (χ2v) is 9.57. The van der Waals surface area contributed by atoms with Crippen LogP contribution in [0, 0.1) is 10.8 Å². The number of carboxylic acids is 1. The summed E-state index contributed by atoms with van der Waals surface area (Å²) in [5, 5.41) is 25.3. The number of carboxylic acid groups (broad SMARTS) is 1. The Morgan fingerprint density at radius 1 is 1.09 bits per heavy atom. The van der Waals surface area contributed by atoms with E-state index >= 15 is 0 Å². The number of rotatable bonds is 11. The van der Waals surface area contributed by atoms with Crippen molar-refractivity contribution >= 4 is 35.6 Å². The lowest BCUT2D eigenvalue weighted by molar-refractivity contribution is -0.192. The Kier molecular flexibility index (Phi) is 13.9. The minimum absolute atomic E-state index is 0.0981. The van der Waals surface area contributed by atoms with Crippen molar-refractivity contribution in [2.24, 2.45) is 5.73 Å². The molecule has 0 unspecified atom stereocenters. The third-order valence-corrected chi connectivity index (χ3v) is 6.23. The Hall–Kier alpha value is -5.08. The summed E-state index contributed by atoms with van der Waals surface area (Å²) in [4.78, 5) is 35.2. The number of amidine groups is 2. The molecule has 0 radical (unpaired) electrons. The van der Waals surface area contributed by atoms with Crippen molar-refractivity contribution < 1.29 is 46.9 Å². The van der Waals surface area contributed by atoms with Gasteiger partial charge in [0.1, 0.15) is 30.0 Å². The van der Waals surface area contributed by atoms with Crippen LogP contribution < -0.4 is 20.5 Å². The first-order valence-corrected chi connectivity index (χ1v) is 13.8. The van der Waals surface area contributed by atoms with E-state index in [-0.39, 0.29) is 37.6 Å². The van der Waals surface area contributed by atoms with Crippen LogP contribution in [0.3, 0.4) is 0 Å². The van der Waals surface area contributed by atoms with Crippen molar-refractivity contribution in [3.8, 4) is 11.5 Å². The molecule has 3 rings (SSSR count). The predicted molar refractivity (Wildman–Crippen MR) is 160 cm³/mol. The first-order valence-electron chi connectivity index (χ1n) is 13.8. The maximum atomic E-state index is 12.6. The van der Waals surface area contributed by atoms with E-state index in [0.717, 1.165) is 25.9 Å². The van der Waals surface area contributed by atoms with E-state index in [1.807, 2.05) is 4.90 Å². The van der Waals surface area contributed by atoms with Crippen molar-refractivity contribution in [1.82, 2.24) is 10.2 Å².